The van der Waals surface area contributed by atoms with Crippen LogP contribution in [0.4, 0.5) is 5.69 Å². The van der Waals surface area contributed by atoms with Crippen LogP contribution in [0.2, 0.25) is 0 Å². The van der Waals surface area contributed by atoms with Crippen LogP contribution in [-0.2, 0) is 14.3 Å². The highest BCUT2D eigenvalue weighted by Gasteiger charge is 2.13. The van der Waals surface area contributed by atoms with Gasteiger partial charge in [0.2, 0.25) is 5.91 Å². The van der Waals surface area contributed by atoms with E-state index in [-0.39, 0.29) is 12.5 Å². The fourth-order valence-electron chi connectivity index (χ4n) is 2.56. The van der Waals surface area contributed by atoms with Crippen LogP contribution in [0, 0.1) is 27.7 Å². The molecule has 0 fully saturated rings. The van der Waals surface area contributed by atoms with Gasteiger partial charge in [0.1, 0.15) is 0 Å². The first-order valence-electron chi connectivity index (χ1n) is 8.65. The van der Waals surface area contributed by atoms with Crippen LogP contribution in [0.15, 0.2) is 36.4 Å². The summed E-state index contributed by atoms with van der Waals surface area (Å²) in [4.78, 5) is 35.9. The van der Waals surface area contributed by atoms with Crippen molar-refractivity contribution in [2.24, 2.45) is 0 Å². The van der Waals surface area contributed by atoms with E-state index < -0.39 is 18.5 Å². The van der Waals surface area contributed by atoms with E-state index in [4.69, 9.17) is 4.74 Å². The number of esters is 1. The van der Waals surface area contributed by atoms with E-state index in [0.29, 0.717) is 11.3 Å². The molecular formula is C21H24N2O4. The Morgan fingerprint density at radius 1 is 0.926 bits per heavy atom. The third-order valence-corrected chi connectivity index (χ3v) is 4.26. The SMILES string of the molecule is Cc1ccc(C(=O)OCC(=O)NCC(=O)Nc2cccc(C)c2C)c(C)c1. The predicted octanol–water partition coefficient (Wildman–Crippen LogP) is 2.83. The summed E-state index contributed by atoms with van der Waals surface area (Å²) in [7, 11) is 0. The van der Waals surface area contributed by atoms with Crippen LogP contribution in [0.25, 0.3) is 0 Å². The summed E-state index contributed by atoms with van der Waals surface area (Å²) >= 11 is 0. The van der Waals surface area contributed by atoms with E-state index in [2.05, 4.69) is 10.6 Å². The minimum absolute atomic E-state index is 0.201. The summed E-state index contributed by atoms with van der Waals surface area (Å²) in [5, 5.41) is 5.19. The highest BCUT2D eigenvalue weighted by atomic mass is 16.5. The molecule has 2 rings (SSSR count). The van der Waals surface area contributed by atoms with Gasteiger partial charge in [-0.1, -0.05) is 29.8 Å². The van der Waals surface area contributed by atoms with Crippen LogP contribution >= 0.6 is 0 Å². The first-order valence-corrected chi connectivity index (χ1v) is 8.65. The van der Waals surface area contributed by atoms with Crippen molar-refractivity contribution in [3.63, 3.8) is 0 Å². The molecule has 0 bridgehead atoms. The Balaban J connectivity index is 1.79. The molecule has 0 aliphatic rings. The van der Waals surface area contributed by atoms with Crippen LogP contribution < -0.4 is 10.6 Å². The highest BCUT2D eigenvalue weighted by molar-refractivity contribution is 5.96. The molecule has 0 aliphatic carbocycles. The van der Waals surface area contributed by atoms with E-state index in [1.54, 1.807) is 25.1 Å². The molecule has 0 atom stereocenters. The second kappa shape index (κ2) is 8.98. The minimum atomic E-state index is -0.567. The van der Waals surface area contributed by atoms with E-state index in [0.717, 1.165) is 22.3 Å². The summed E-state index contributed by atoms with van der Waals surface area (Å²) in [5.41, 5.74) is 4.98. The zero-order chi connectivity index (χ0) is 20.0. The van der Waals surface area contributed by atoms with E-state index in [9.17, 15) is 14.4 Å². The predicted molar refractivity (Wildman–Crippen MR) is 104 cm³/mol. The molecule has 0 heterocycles. The summed E-state index contributed by atoms with van der Waals surface area (Å²) in [5.74, 6) is -1.45. The molecule has 0 unspecified atom stereocenters. The van der Waals surface area contributed by atoms with Crippen molar-refractivity contribution < 1.29 is 19.1 Å². The van der Waals surface area contributed by atoms with Gasteiger partial charge < -0.3 is 15.4 Å². The molecule has 0 aromatic heterocycles. The van der Waals surface area contributed by atoms with Gasteiger partial charge >= 0.3 is 5.97 Å². The summed E-state index contributed by atoms with van der Waals surface area (Å²) in [6.45, 7) is 6.96. The highest BCUT2D eigenvalue weighted by Crippen LogP contribution is 2.17. The molecule has 27 heavy (non-hydrogen) atoms. The van der Waals surface area contributed by atoms with Crippen molar-refractivity contribution in [1.29, 1.82) is 0 Å². The van der Waals surface area contributed by atoms with Crippen LogP contribution in [0.5, 0.6) is 0 Å². The Morgan fingerprint density at radius 3 is 2.37 bits per heavy atom. The molecule has 0 saturated carbocycles. The standard InChI is InChI=1S/C21H24N2O4/c1-13-8-9-17(15(3)10-13)21(26)27-12-20(25)22-11-19(24)23-18-7-5-6-14(2)16(18)4/h5-10H,11-12H2,1-4H3,(H,22,25)(H,23,24). The van der Waals surface area contributed by atoms with Crippen molar-refractivity contribution in [1.82, 2.24) is 5.32 Å². The second-order valence-corrected chi connectivity index (χ2v) is 6.47. The Hall–Kier alpha value is -3.15. The fraction of sp³-hybridized carbons (Fsp3) is 0.286. The van der Waals surface area contributed by atoms with Crippen molar-refractivity contribution in [3.8, 4) is 0 Å². The van der Waals surface area contributed by atoms with Gasteiger partial charge in [0.25, 0.3) is 5.91 Å². The summed E-state index contributed by atoms with van der Waals surface area (Å²) in [6, 6.07) is 11.0. The normalized spacial score (nSPS) is 10.2. The topological polar surface area (TPSA) is 84.5 Å². The van der Waals surface area contributed by atoms with E-state index in [1.165, 1.54) is 0 Å². The molecule has 2 aromatic rings. The lowest BCUT2D eigenvalue weighted by Gasteiger charge is -2.11. The maximum atomic E-state index is 12.0. The number of hydrogen-bond donors (Lipinski definition) is 2. The zero-order valence-corrected chi connectivity index (χ0v) is 16.0. The van der Waals surface area contributed by atoms with Crippen LogP contribution in [-0.4, -0.2) is 30.9 Å². The van der Waals surface area contributed by atoms with Gasteiger partial charge in [-0.15, -0.1) is 0 Å². The minimum Gasteiger partial charge on any atom is -0.452 e. The van der Waals surface area contributed by atoms with Gasteiger partial charge in [0, 0.05) is 5.69 Å². The lowest BCUT2D eigenvalue weighted by molar-refractivity contribution is -0.126. The number of amides is 2. The number of aryl methyl sites for hydroxylation is 3. The van der Waals surface area contributed by atoms with Crippen molar-refractivity contribution >= 4 is 23.5 Å². The smallest absolute Gasteiger partial charge is 0.338 e. The molecule has 2 N–H and O–H groups in total. The first kappa shape index (κ1) is 20.2. The number of carbonyl (C=O) groups excluding carboxylic acids is 3. The molecule has 2 aromatic carbocycles. The molecule has 0 saturated heterocycles. The van der Waals surface area contributed by atoms with Crippen molar-refractivity contribution in [2.75, 3.05) is 18.5 Å². The number of carbonyl (C=O) groups is 3. The fourth-order valence-corrected chi connectivity index (χ4v) is 2.56. The molecule has 2 amide bonds. The largest absolute Gasteiger partial charge is 0.452 e. The monoisotopic (exact) mass is 368 g/mol. The second-order valence-electron chi connectivity index (χ2n) is 6.47. The van der Waals surface area contributed by atoms with Gasteiger partial charge in [-0.2, -0.15) is 0 Å². The molecule has 0 spiro atoms. The molecule has 6 heteroatoms. The van der Waals surface area contributed by atoms with E-state index >= 15 is 0 Å². The summed E-state index contributed by atoms with van der Waals surface area (Å²) in [6.07, 6.45) is 0. The molecule has 6 nitrogen and oxygen atoms in total. The maximum Gasteiger partial charge on any atom is 0.338 e. The van der Waals surface area contributed by atoms with E-state index in [1.807, 2.05) is 39.0 Å². The summed E-state index contributed by atoms with van der Waals surface area (Å²) < 4.78 is 5.01. The molecule has 0 radical (unpaired) electrons. The van der Waals surface area contributed by atoms with Gasteiger partial charge in [-0.3, -0.25) is 9.59 Å². The Bertz CT molecular complexity index is 874. The Labute approximate surface area is 158 Å². The lowest BCUT2D eigenvalue weighted by Crippen LogP contribution is -2.35. The molecular weight excluding hydrogens is 344 g/mol. The lowest BCUT2D eigenvalue weighted by atomic mass is 10.1. The van der Waals surface area contributed by atoms with Gasteiger partial charge in [0.05, 0.1) is 12.1 Å². The number of anilines is 1. The maximum absolute atomic E-state index is 12.0. The Morgan fingerprint density at radius 2 is 1.67 bits per heavy atom. The number of rotatable bonds is 6. The molecule has 0 aliphatic heterocycles. The average molecular weight is 368 g/mol. The third-order valence-electron chi connectivity index (χ3n) is 4.26. The van der Waals surface area contributed by atoms with Gasteiger partial charge in [-0.25, -0.2) is 4.79 Å². The number of benzene rings is 2. The quantitative estimate of drug-likeness (QED) is 0.768. The number of nitrogens with one attached hydrogen (secondary N) is 2. The average Bonchev–Trinajstić information content (AvgIpc) is 2.62. The molecule has 142 valence electrons. The third kappa shape index (κ3) is 5.67. The first-order chi connectivity index (χ1) is 12.8. The van der Waals surface area contributed by atoms with Crippen molar-refractivity contribution in [2.45, 2.75) is 27.7 Å². The van der Waals surface area contributed by atoms with Gasteiger partial charge in [-0.05, 0) is 56.5 Å². The number of ether oxygens (including phenoxy) is 1. The zero-order valence-electron chi connectivity index (χ0n) is 16.0. The van der Waals surface area contributed by atoms with Gasteiger partial charge in [0.15, 0.2) is 6.61 Å². The van der Waals surface area contributed by atoms with Crippen molar-refractivity contribution in [3.05, 3.63) is 64.2 Å². The van der Waals surface area contributed by atoms with Crippen LogP contribution in [0.3, 0.4) is 0 Å². The Kier molecular flexibility index (Phi) is 6.71. The van der Waals surface area contributed by atoms with Crippen LogP contribution in [0.1, 0.15) is 32.6 Å². The number of hydrogen-bond acceptors (Lipinski definition) is 4.